The second kappa shape index (κ2) is 7.02. The molecule has 2 aromatic rings. The summed E-state index contributed by atoms with van der Waals surface area (Å²) in [7, 11) is 0. The summed E-state index contributed by atoms with van der Waals surface area (Å²) < 4.78 is 36.9. The molecule has 0 bridgehead atoms. The Kier molecular flexibility index (Phi) is 5.09. The van der Waals surface area contributed by atoms with Gasteiger partial charge in [0.2, 0.25) is 10.1 Å². The van der Waals surface area contributed by atoms with Gasteiger partial charge in [-0.15, -0.1) is 10.2 Å². The van der Waals surface area contributed by atoms with E-state index in [2.05, 4.69) is 31.1 Å². The van der Waals surface area contributed by atoms with Crippen molar-refractivity contribution >= 4 is 28.3 Å². The van der Waals surface area contributed by atoms with Crippen LogP contribution in [0.4, 0.5) is 28.9 Å². The number of amides is 2. The zero-order valence-electron chi connectivity index (χ0n) is 11.0. The van der Waals surface area contributed by atoms with E-state index in [1.165, 1.54) is 0 Å². The highest BCUT2D eigenvalue weighted by molar-refractivity contribution is 7.15. The van der Waals surface area contributed by atoms with Gasteiger partial charge in [-0.1, -0.05) is 17.4 Å². The van der Waals surface area contributed by atoms with Gasteiger partial charge in [0.25, 0.3) is 0 Å². The maximum absolute atomic E-state index is 12.3. The monoisotopic (exact) mass is 332 g/mol. The lowest BCUT2D eigenvalue weighted by molar-refractivity contribution is -0.138. The summed E-state index contributed by atoms with van der Waals surface area (Å²) in [5.74, 6) is 0.656. The van der Waals surface area contributed by atoms with Gasteiger partial charge in [0, 0.05) is 19.3 Å². The van der Waals surface area contributed by atoms with E-state index in [1.807, 2.05) is 6.07 Å². The predicted molar refractivity (Wildman–Crippen MR) is 74.7 cm³/mol. The number of hydrogen-bond donors (Lipinski definition) is 3. The molecule has 0 spiro atoms. The molecule has 2 heterocycles. The van der Waals surface area contributed by atoms with Gasteiger partial charge in [-0.3, -0.25) is 5.32 Å². The van der Waals surface area contributed by atoms with E-state index >= 15 is 0 Å². The number of rotatable bonds is 5. The topological polar surface area (TPSA) is 91.8 Å². The molecule has 0 radical (unpaired) electrons. The van der Waals surface area contributed by atoms with Crippen molar-refractivity contribution in [3.8, 4) is 0 Å². The lowest BCUT2D eigenvalue weighted by Crippen LogP contribution is -2.32. The van der Waals surface area contributed by atoms with Gasteiger partial charge < -0.3 is 10.6 Å². The largest absolute Gasteiger partial charge is 0.445 e. The van der Waals surface area contributed by atoms with E-state index in [0.717, 1.165) is 0 Å². The average Bonchev–Trinajstić information content (AvgIpc) is 2.93. The van der Waals surface area contributed by atoms with Crippen LogP contribution in [0.2, 0.25) is 0 Å². The van der Waals surface area contributed by atoms with Crippen molar-refractivity contribution in [2.24, 2.45) is 0 Å². The minimum Gasteiger partial charge on any atom is -0.368 e. The summed E-state index contributed by atoms with van der Waals surface area (Å²) in [6, 6.07) is 4.68. The second-order valence-corrected chi connectivity index (χ2v) is 4.91. The number of alkyl halides is 3. The highest BCUT2D eigenvalue weighted by Crippen LogP contribution is 2.32. The SMILES string of the molecule is O=C(NCCNc1ccccn1)Nc1nnc(C(F)(F)F)s1. The average molecular weight is 332 g/mol. The summed E-state index contributed by atoms with van der Waals surface area (Å²) in [4.78, 5) is 15.5. The molecule has 0 fully saturated rings. The molecular weight excluding hydrogens is 321 g/mol. The van der Waals surface area contributed by atoms with Crippen molar-refractivity contribution in [1.82, 2.24) is 20.5 Å². The number of aromatic nitrogens is 3. The highest BCUT2D eigenvalue weighted by atomic mass is 32.1. The lowest BCUT2D eigenvalue weighted by atomic mass is 10.4. The van der Waals surface area contributed by atoms with Crippen LogP contribution in [0.25, 0.3) is 0 Å². The number of anilines is 2. The molecule has 0 atom stereocenters. The van der Waals surface area contributed by atoms with Gasteiger partial charge in [0.1, 0.15) is 5.82 Å². The molecule has 2 rings (SSSR count). The van der Waals surface area contributed by atoms with Crippen LogP contribution in [-0.2, 0) is 6.18 Å². The predicted octanol–water partition coefficient (Wildman–Crippen LogP) is 2.19. The van der Waals surface area contributed by atoms with Crippen LogP contribution in [0.1, 0.15) is 5.01 Å². The Morgan fingerprint density at radius 2 is 2.05 bits per heavy atom. The quantitative estimate of drug-likeness (QED) is 0.730. The maximum atomic E-state index is 12.3. The molecule has 11 heteroatoms. The lowest BCUT2D eigenvalue weighted by Gasteiger charge is -2.07. The standard InChI is InChI=1S/C11H11F3N6OS/c12-11(13,14)8-19-20-10(22-8)18-9(21)17-6-5-16-7-3-1-2-4-15-7/h1-4H,5-6H2,(H,15,16)(H2,17,18,20,21). The first-order chi connectivity index (χ1) is 10.4. The van der Waals surface area contributed by atoms with E-state index in [4.69, 9.17) is 0 Å². The minimum atomic E-state index is -4.57. The van der Waals surface area contributed by atoms with Crippen LogP contribution in [-0.4, -0.2) is 34.3 Å². The molecule has 0 aliphatic rings. The van der Waals surface area contributed by atoms with Crippen molar-refractivity contribution in [2.75, 3.05) is 23.7 Å². The number of hydrogen-bond acceptors (Lipinski definition) is 6. The smallest absolute Gasteiger partial charge is 0.368 e. The third-order valence-electron chi connectivity index (χ3n) is 2.27. The minimum absolute atomic E-state index is 0.220. The van der Waals surface area contributed by atoms with E-state index < -0.39 is 17.2 Å². The second-order valence-electron chi connectivity index (χ2n) is 3.93. The van der Waals surface area contributed by atoms with Crippen LogP contribution in [0, 0.1) is 0 Å². The Labute approximate surface area is 127 Å². The van der Waals surface area contributed by atoms with E-state index in [1.54, 1.807) is 18.3 Å². The van der Waals surface area contributed by atoms with E-state index in [0.29, 0.717) is 12.4 Å². The van der Waals surface area contributed by atoms with Crippen LogP contribution in [0.5, 0.6) is 0 Å². The van der Waals surface area contributed by atoms with Crippen LogP contribution in [0.3, 0.4) is 0 Å². The summed E-state index contributed by atoms with van der Waals surface area (Å²) in [6.07, 6.45) is -2.95. The Balaban J connectivity index is 1.71. The van der Waals surface area contributed by atoms with Crippen molar-refractivity contribution in [1.29, 1.82) is 0 Å². The Hall–Kier alpha value is -2.43. The van der Waals surface area contributed by atoms with Gasteiger partial charge in [0.15, 0.2) is 0 Å². The summed E-state index contributed by atoms with van der Waals surface area (Å²) in [6.45, 7) is 0.668. The molecule has 0 saturated carbocycles. The van der Waals surface area contributed by atoms with Crippen LogP contribution in [0.15, 0.2) is 24.4 Å². The molecule has 118 valence electrons. The number of carbonyl (C=O) groups is 1. The molecule has 7 nitrogen and oxygen atoms in total. The molecule has 22 heavy (non-hydrogen) atoms. The van der Waals surface area contributed by atoms with Crippen molar-refractivity contribution in [3.05, 3.63) is 29.4 Å². The number of pyridine rings is 1. The Bertz CT molecular complexity index is 618. The van der Waals surface area contributed by atoms with Crippen molar-refractivity contribution in [2.45, 2.75) is 6.18 Å². The number of urea groups is 1. The van der Waals surface area contributed by atoms with Crippen LogP contribution < -0.4 is 16.0 Å². The third-order valence-corrected chi connectivity index (χ3v) is 3.15. The number of nitrogens with one attached hydrogen (secondary N) is 3. The summed E-state index contributed by atoms with van der Waals surface area (Å²) in [5, 5.41) is 12.5. The zero-order chi connectivity index (χ0) is 16.0. The molecule has 0 aliphatic carbocycles. The molecule has 2 aromatic heterocycles. The number of nitrogens with zero attached hydrogens (tertiary/aromatic N) is 3. The first kappa shape index (κ1) is 15.9. The van der Waals surface area contributed by atoms with Gasteiger partial charge in [0.05, 0.1) is 0 Å². The first-order valence-corrected chi connectivity index (χ1v) is 6.87. The highest BCUT2D eigenvalue weighted by Gasteiger charge is 2.35. The fourth-order valence-electron chi connectivity index (χ4n) is 1.36. The Morgan fingerprint density at radius 1 is 1.23 bits per heavy atom. The van der Waals surface area contributed by atoms with Crippen molar-refractivity contribution < 1.29 is 18.0 Å². The molecule has 0 saturated heterocycles. The summed E-state index contributed by atoms with van der Waals surface area (Å²) in [5.41, 5.74) is 0. The molecule has 0 aromatic carbocycles. The number of carbonyl (C=O) groups excluding carboxylic acids is 1. The normalized spacial score (nSPS) is 11.0. The molecule has 3 N–H and O–H groups in total. The summed E-state index contributed by atoms with van der Waals surface area (Å²) >= 11 is 0.259. The fourth-order valence-corrected chi connectivity index (χ4v) is 1.97. The fraction of sp³-hybridized carbons (Fsp3) is 0.273. The molecule has 2 amide bonds. The van der Waals surface area contributed by atoms with Crippen molar-refractivity contribution in [3.63, 3.8) is 0 Å². The first-order valence-electron chi connectivity index (χ1n) is 6.05. The van der Waals surface area contributed by atoms with E-state index in [9.17, 15) is 18.0 Å². The molecular formula is C11H11F3N6OS. The zero-order valence-corrected chi connectivity index (χ0v) is 11.8. The van der Waals surface area contributed by atoms with E-state index in [-0.39, 0.29) is 23.0 Å². The number of halogens is 3. The van der Waals surface area contributed by atoms with Crippen LogP contribution >= 0.6 is 11.3 Å². The maximum Gasteiger partial charge on any atom is 0.445 e. The van der Waals surface area contributed by atoms with Gasteiger partial charge in [-0.05, 0) is 12.1 Å². The van der Waals surface area contributed by atoms with Gasteiger partial charge >= 0.3 is 12.2 Å². The Morgan fingerprint density at radius 3 is 2.68 bits per heavy atom. The third kappa shape index (κ3) is 4.84. The van der Waals surface area contributed by atoms with Gasteiger partial charge in [-0.2, -0.15) is 13.2 Å². The molecule has 0 aliphatic heterocycles. The van der Waals surface area contributed by atoms with Gasteiger partial charge in [-0.25, -0.2) is 9.78 Å². The molecule has 0 unspecified atom stereocenters.